The highest BCUT2D eigenvalue weighted by Crippen LogP contribution is 2.33. The molecular formula is C11H14Br2OS. The van der Waals surface area contributed by atoms with E-state index >= 15 is 0 Å². The lowest BCUT2D eigenvalue weighted by Crippen LogP contribution is -2.06. The maximum absolute atomic E-state index is 12.0. The third-order valence-corrected chi connectivity index (χ3v) is 4.93. The third-order valence-electron chi connectivity index (χ3n) is 2.59. The van der Waals surface area contributed by atoms with E-state index < -0.39 is 0 Å². The van der Waals surface area contributed by atoms with Gasteiger partial charge in [-0.15, -0.1) is 11.3 Å². The van der Waals surface area contributed by atoms with Crippen molar-refractivity contribution in [2.45, 2.75) is 33.1 Å². The van der Waals surface area contributed by atoms with Crippen molar-refractivity contribution in [3.8, 4) is 0 Å². The molecule has 0 atom stereocenters. The predicted molar refractivity (Wildman–Crippen MR) is 72.7 cm³/mol. The van der Waals surface area contributed by atoms with Gasteiger partial charge in [-0.2, -0.15) is 0 Å². The van der Waals surface area contributed by atoms with Crippen LogP contribution in [0, 0.1) is 5.92 Å². The van der Waals surface area contributed by atoms with Gasteiger partial charge in [0.25, 0.3) is 0 Å². The summed E-state index contributed by atoms with van der Waals surface area (Å²) in [6.07, 6.45) is 2.81. The van der Waals surface area contributed by atoms with Crippen LogP contribution in [0.3, 0.4) is 0 Å². The van der Waals surface area contributed by atoms with Gasteiger partial charge in [-0.3, -0.25) is 4.79 Å². The molecule has 0 aliphatic rings. The van der Waals surface area contributed by atoms with Crippen molar-refractivity contribution in [2.75, 3.05) is 0 Å². The molecule has 0 saturated heterocycles. The van der Waals surface area contributed by atoms with Crippen molar-refractivity contribution in [2.24, 2.45) is 5.92 Å². The highest BCUT2D eigenvalue weighted by molar-refractivity contribution is 9.12. The Bertz CT molecular complexity index is 342. The molecule has 0 spiro atoms. The highest BCUT2D eigenvalue weighted by Gasteiger charge is 2.16. The summed E-state index contributed by atoms with van der Waals surface area (Å²) in [4.78, 5) is 12.0. The van der Waals surface area contributed by atoms with Crippen LogP contribution in [-0.2, 0) is 0 Å². The molecule has 4 heteroatoms. The maximum Gasteiger partial charge on any atom is 0.165 e. The SMILES string of the molecule is CCC(CC)CC(=O)c1cc(Br)sc1Br. The average molecular weight is 354 g/mol. The molecule has 0 amide bonds. The van der Waals surface area contributed by atoms with Gasteiger partial charge in [-0.1, -0.05) is 26.7 Å². The molecule has 0 aliphatic heterocycles. The van der Waals surface area contributed by atoms with Crippen molar-refractivity contribution in [1.29, 1.82) is 0 Å². The van der Waals surface area contributed by atoms with Gasteiger partial charge in [-0.05, 0) is 43.8 Å². The number of halogens is 2. The molecular weight excluding hydrogens is 340 g/mol. The Balaban J connectivity index is 2.72. The molecule has 0 unspecified atom stereocenters. The number of carbonyl (C=O) groups is 1. The van der Waals surface area contributed by atoms with Crippen LogP contribution in [0.5, 0.6) is 0 Å². The van der Waals surface area contributed by atoms with E-state index in [1.54, 1.807) is 11.3 Å². The highest BCUT2D eigenvalue weighted by atomic mass is 79.9. The van der Waals surface area contributed by atoms with E-state index in [0.717, 1.165) is 26.0 Å². The predicted octanol–water partition coefficient (Wildman–Crippen LogP) is 5.28. The van der Waals surface area contributed by atoms with E-state index in [4.69, 9.17) is 0 Å². The molecule has 0 saturated carbocycles. The first-order valence-corrected chi connectivity index (χ1v) is 7.46. The molecule has 0 N–H and O–H groups in total. The molecule has 1 rings (SSSR count). The number of ketones is 1. The van der Waals surface area contributed by atoms with E-state index in [2.05, 4.69) is 45.7 Å². The standard InChI is InChI=1S/C11H14Br2OS/c1-3-7(4-2)5-9(14)8-6-10(12)15-11(8)13/h6-7H,3-5H2,1-2H3. The van der Waals surface area contributed by atoms with Crippen LogP contribution < -0.4 is 0 Å². The second-order valence-corrected chi connectivity index (χ2v) is 7.30. The van der Waals surface area contributed by atoms with Crippen molar-refractivity contribution in [3.63, 3.8) is 0 Å². The zero-order valence-corrected chi connectivity index (χ0v) is 12.8. The Kier molecular flexibility index (Phi) is 5.50. The largest absolute Gasteiger partial charge is 0.294 e. The third kappa shape index (κ3) is 3.68. The summed E-state index contributed by atoms with van der Waals surface area (Å²) in [7, 11) is 0. The number of thiophene rings is 1. The van der Waals surface area contributed by atoms with Crippen LogP contribution in [0.25, 0.3) is 0 Å². The first kappa shape index (κ1) is 13.4. The molecule has 0 radical (unpaired) electrons. The van der Waals surface area contributed by atoms with Crippen molar-refractivity contribution in [3.05, 3.63) is 19.2 Å². The molecule has 1 nitrogen and oxygen atoms in total. The maximum atomic E-state index is 12.0. The summed E-state index contributed by atoms with van der Waals surface area (Å²) in [5.74, 6) is 0.764. The molecule has 0 aliphatic carbocycles. The van der Waals surface area contributed by atoms with Gasteiger partial charge in [0, 0.05) is 12.0 Å². The van der Waals surface area contributed by atoms with Gasteiger partial charge in [0.2, 0.25) is 0 Å². The Morgan fingerprint density at radius 3 is 2.40 bits per heavy atom. The zero-order valence-electron chi connectivity index (χ0n) is 8.85. The minimum absolute atomic E-state index is 0.248. The minimum Gasteiger partial charge on any atom is -0.294 e. The van der Waals surface area contributed by atoms with Crippen LogP contribution in [-0.4, -0.2) is 5.78 Å². The van der Waals surface area contributed by atoms with Crippen LogP contribution >= 0.6 is 43.2 Å². The Morgan fingerprint density at radius 2 is 2.00 bits per heavy atom. The summed E-state index contributed by atoms with van der Waals surface area (Å²) < 4.78 is 1.94. The van der Waals surface area contributed by atoms with Crippen LogP contribution in [0.2, 0.25) is 0 Å². The fraction of sp³-hybridized carbons (Fsp3) is 0.545. The number of rotatable bonds is 5. The van der Waals surface area contributed by atoms with Crippen molar-refractivity contribution >= 4 is 49.0 Å². The molecule has 0 fully saturated rings. The monoisotopic (exact) mass is 352 g/mol. The fourth-order valence-corrected chi connectivity index (χ4v) is 4.34. The molecule has 0 bridgehead atoms. The molecule has 1 aromatic heterocycles. The van der Waals surface area contributed by atoms with E-state index in [1.165, 1.54) is 0 Å². The Hall–Kier alpha value is 0.330. The smallest absolute Gasteiger partial charge is 0.165 e. The van der Waals surface area contributed by atoms with Gasteiger partial charge in [0.05, 0.1) is 7.57 Å². The van der Waals surface area contributed by atoms with Gasteiger partial charge in [0.15, 0.2) is 5.78 Å². The first-order chi connectivity index (χ1) is 7.08. The quantitative estimate of drug-likeness (QED) is 0.658. The van der Waals surface area contributed by atoms with Gasteiger partial charge in [-0.25, -0.2) is 0 Å². The molecule has 0 aromatic carbocycles. The Morgan fingerprint density at radius 1 is 1.40 bits per heavy atom. The lowest BCUT2D eigenvalue weighted by molar-refractivity contribution is 0.0958. The lowest BCUT2D eigenvalue weighted by Gasteiger charge is -2.10. The van der Waals surface area contributed by atoms with E-state index in [-0.39, 0.29) is 5.78 Å². The number of carbonyl (C=O) groups excluding carboxylic acids is 1. The van der Waals surface area contributed by atoms with Crippen LogP contribution in [0.4, 0.5) is 0 Å². The first-order valence-electron chi connectivity index (χ1n) is 5.06. The van der Waals surface area contributed by atoms with E-state index in [1.807, 2.05) is 6.07 Å². The van der Waals surface area contributed by atoms with E-state index in [9.17, 15) is 4.79 Å². The number of hydrogen-bond donors (Lipinski definition) is 0. The van der Waals surface area contributed by atoms with Crippen molar-refractivity contribution in [1.82, 2.24) is 0 Å². The van der Waals surface area contributed by atoms with Crippen molar-refractivity contribution < 1.29 is 4.79 Å². The summed E-state index contributed by atoms with van der Waals surface area (Å²) in [5.41, 5.74) is 0.818. The normalized spacial score (nSPS) is 11.0. The van der Waals surface area contributed by atoms with Gasteiger partial charge >= 0.3 is 0 Å². The Labute approximate surface area is 112 Å². The number of Topliss-reactive ketones (excluding diaryl/α,β-unsaturated/α-hetero) is 1. The summed E-state index contributed by atoms with van der Waals surface area (Å²) in [6.45, 7) is 4.28. The molecule has 1 aromatic rings. The molecule has 1 heterocycles. The summed E-state index contributed by atoms with van der Waals surface area (Å²) >= 11 is 8.36. The van der Waals surface area contributed by atoms with E-state index in [0.29, 0.717) is 12.3 Å². The van der Waals surface area contributed by atoms with Crippen LogP contribution in [0.15, 0.2) is 13.6 Å². The van der Waals surface area contributed by atoms with Crippen LogP contribution in [0.1, 0.15) is 43.5 Å². The number of hydrogen-bond acceptors (Lipinski definition) is 2. The van der Waals surface area contributed by atoms with Gasteiger partial charge in [0.1, 0.15) is 0 Å². The fourth-order valence-electron chi connectivity index (χ4n) is 1.48. The summed E-state index contributed by atoms with van der Waals surface area (Å²) in [6, 6.07) is 1.90. The minimum atomic E-state index is 0.248. The molecule has 84 valence electrons. The second kappa shape index (κ2) is 6.16. The zero-order chi connectivity index (χ0) is 11.4. The average Bonchev–Trinajstić information content (AvgIpc) is 2.54. The summed E-state index contributed by atoms with van der Waals surface area (Å²) in [5, 5.41) is 0. The topological polar surface area (TPSA) is 17.1 Å². The molecule has 15 heavy (non-hydrogen) atoms. The van der Waals surface area contributed by atoms with Gasteiger partial charge < -0.3 is 0 Å². The second-order valence-electron chi connectivity index (χ2n) is 3.55. The lowest BCUT2D eigenvalue weighted by atomic mass is 9.95.